The summed E-state index contributed by atoms with van der Waals surface area (Å²) in [6, 6.07) is 17.3. The Morgan fingerprint density at radius 1 is 0.882 bits per heavy atom. The first-order valence-corrected chi connectivity index (χ1v) is 6.83. The second-order valence-electron chi connectivity index (χ2n) is 4.35. The van der Waals surface area contributed by atoms with Crippen LogP contribution in [-0.2, 0) is 6.42 Å². The zero-order valence-electron chi connectivity index (χ0n) is 10.3. The summed E-state index contributed by atoms with van der Waals surface area (Å²) in [5.74, 6) is 0. The Kier molecular flexibility index (Phi) is 4.34. The molecule has 88 valence electrons. The zero-order chi connectivity index (χ0) is 12.1. The maximum Gasteiger partial charge on any atom is -0.0110 e. The predicted octanol–water partition coefficient (Wildman–Crippen LogP) is 4.20. The molecule has 0 saturated heterocycles. The van der Waals surface area contributed by atoms with E-state index in [0.717, 1.165) is 0 Å². The Morgan fingerprint density at radius 2 is 1.53 bits per heavy atom. The fourth-order valence-electron chi connectivity index (χ4n) is 2.11. The van der Waals surface area contributed by atoms with Crippen LogP contribution in [0, 0.1) is 0 Å². The van der Waals surface area contributed by atoms with E-state index in [-0.39, 0.29) is 0 Å². The molecule has 2 rings (SSSR count). The molecule has 2 aromatic rings. The molecule has 0 bridgehead atoms. The van der Waals surface area contributed by atoms with E-state index >= 15 is 0 Å². The van der Waals surface area contributed by atoms with Crippen molar-refractivity contribution in [3.8, 4) is 11.1 Å². The fraction of sp³-hybridized carbons (Fsp3) is 0.250. The van der Waals surface area contributed by atoms with E-state index in [0.29, 0.717) is 0 Å². The summed E-state index contributed by atoms with van der Waals surface area (Å²) in [5.41, 5.74) is 4.18. The maximum absolute atomic E-state index is 2.83. The molecule has 0 fully saturated rings. The zero-order valence-corrected chi connectivity index (χ0v) is 11.5. The van der Waals surface area contributed by atoms with E-state index < -0.39 is 0 Å². The first-order valence-electron chi connectivity index (χ1n) is 6.25. The largest absolute Gasteiger partial charge is 0.105 e. The molecule has 0 spiro atoms. The van der Waals surface area contributed by atoms with E-state index in [2.05, 4.69) is 64.7 Å². The molecule has 1 atom stereocenters. The van der Waals surface area contributed by atoms with Crippen molar-refractivity contribution in [1.82, 2.24) is 0 Å². The topological polar surface area (TPSA) is 0 Å². The first-order chi connectivity index (χ1) is 8.33. The van der Waals surface area contributed by atoms with Crippen molar-refractivity contribution < 1.29 is 0 Å². The van der Waals surface area contributed by atoms with Gasteiger partial charge in [0.15, 0.2) is 0 Å². The average Bonchev–Trinajstić information content (AvgIpc) is 2.37. The van der Waals surface area contributed by atoms with Crippen LogP contribution in [0.5, 0.6) is 0 Å². The minimum Gasteiger partial charge on any atom is -0.105 e. The van der Waals surface area contributed by atoms with Gasteiger partial charge in [-0.3, -0.25) is 0 Å². The Morgan fingerprint density at radius 3 is 2.24 bits per heavy atom. The number of hydrogen-bond acceptors (Lipinski definition) is 0. The highest BCUT2D eigenvalue weighted by atomic mass is 31.0. The van der Waals surface area contributed by atoms with Crippen molar-refractivity contribution in [3.63, 3.8) is 0 Å². The van der Waals surface area contributed by atoms with Gasteiger partial charge in [-0.1, -0.05) is 61.9 Å². The molecule has 1 heteroatoms. The second-order valence-corrected chi connectivity index (χ2v) is 4.97. The van der Waals surface area contributed by atoms with Gasteiger partial charge in [0.05, 0.1) is 0 Å². The molecule has 0 radical (unpaired) electrons. The van der Waals surface area contributed by atoms with E-state index in [9.17, 15) is 0 Å². The summed E-state index contributed by atoms with van der Waals surface area (Å²) < 4.78 is 0. The smallest absolute Gasteiger partial charge is 0.0110 e. The number of aryl methyl sites for hydroxylation is 1. The van der Waals surface area contributed by atoms with Crippen LogP contribution in [0.15, 0.2) is 48.5 Å². The molecule has 1 unspecified atom stereocenters. The number of unbranched alkanes of at least 4 members (excludes halogenated alkanes) is 1. The molecule has 17 heavy (non-hydrogen) atoms. The van der Waals surface area contributed by atoms with Gasteiger partial charge in [-0.2, -0.15) is 0 Å². The Hall–Kier alpha value is -1.13. The van der Waals surface area contributed by atoms with Gasteiger partial charge in [0.25, 0.3) is 0 Å². The van der Waals surface area contributed by atoms with E-state index in [1.807, 2.05) is 0 Å². The van der Waals surface area contributed by atoms with Gasteiger partial charge < -0.3 is 0 Å². The van der Waals surface area contributed by atoms with Crippen LogP contribution in [0.2, 0.25) is 0 Å². The molecule has 0 N–H and O–H groups in total. The van der Waals surface area contributed by atoms with Crippen molar-refractivity contribution in [1.29, 1.82) is 0 Å². The summed E-state index contributed by atoms with van der Waals surface area (Å²) in [6.45, 7) is 2.24. The van der Waals surface area contributed by atoms with E-state index in [1.165, 1.54) is 41.3 Å². The fourth-order valence-corrected chi connectivity index (χ4v) is 2.47. The number of hydrogen-bond donors (Lipinski definition) is 0. The highest BCUT2D eigenvalue weighted by molar-refractivity contribution is 7.28. The van der Waals surface area contributed by atoms with Gasteiger partial charge in [0.1, 0.15) is 0 Å². The van der Waals surface area contributed by atoms with Crippen LogP contribution in [0.3, 0.4) is 0 Å². The normalized spacial score (nSPS) is 10.5. The van der Waals surface area contributed by atoms with Crippen molar-refractivity contribution in [3.05, 3.63) is 54.1 Å². The number of benzene rings is 2. The predicted molar refractivity (Wildman–Crippen MR) is 79.8 cm³/mol. The third-order valence-corrected chi connectivity index (χ3v) is 3.57. The van der Waals surface area contributed by atoms with E-state index in [1.54, 1.807) is 0 Å². The van der Waals surface area contributed by atoms with Crippen LogP contribution in [0.1, 0.15) is 25.3 Å². The quantitative estimate of drug-likeness (QED) is 0.705. The highest BCUT2D eigenvalue weighted by Crippen LogP contribution is 2.24. The average molecular weight is 242 g/mol. The van der Waals surface area contributed by atoms with Gasteiger partial charge in [-0.15, -0.1) is 9.24 Å². The highest BCUT2D eigenvalue weighted by Gasteiger charge is 2.05. The lowest BCUT2D eigenvalue weighted by atomic mass is 9.96. The monoisotopic (exact) mass is 242 g/mol. The van der Waals surface area contributed by atoms with Crippen molar-refractivity contribution in [2.24, 2.45) is 0 Å². The van der Waals surface area contributed by atoms with Crippen LogP contribution >= 0.6 is 9.24 Å². The molecule has 0 nitrogen and oxygen atoms in total. The molecule has 0 aliphatic heterocycles. The molecular weight excluding hydrogens is 223 g/mol. The standard InChI is InChI=1S/C16H19P/c1-2-3-8-13-9-4-5-10-14(13)15-11-6-7-12-16(15)17/h4-7,9-12H,2-3,8,17H2,1H3. The summed E-state index contributed by atoms with van der Waals surface area (Å²) in [6.07, 6.45) is 3.68. The van der Waals surface area contributed by atoms with E-state index in [4.69, 9.17) is 0 Å². The van der Waals surface area contributed by atoms with Crippen molar-refractivity contribution in [2.75, 3.05) is 0 Å². The summed E-state index contributed by atoms with van der Waals surface area (Å²) >= 11 is 0. The Balaban J connectivity index is 2.41. The molecule has 0 heterocycles. The lowest BCUT2D eigenvalue weighted by Crippen LogP contribution is -1.98. The molecule has 0 aromatic heterocycles. The third kappa shape index (κ3) is 2.96. The third-order valence-electron chi connectivity index (χ3n) is 3.07. The second kappa shape index (κ2) is 5.98. The molecule has 0 aliphatic rings. The molecule has 0 aliphatic carbocycles. The molecule has 0 saturated carbocycles. The lowest BCUT2D eigenvalue weighted by molar-refractivity contribution is 0.796. The Labute approximate surface area is 106 Å². The van der Waals surface area contributed by atoms with Gasteiger partial charge in [0.2, 0.25) is 0 Å². The Bertz CT molecular complexity index is 488. The van der Waals surface area contributed by atoms with Crippen LogP contribution in [-0.4, -0.2) is 0 Å². The molecule has 2 aromatic carbocycles. The lowest BCUT2D eigenvalue weighted by Gasteiger charge is -2.11. The summed E-state index contributed by atoms with van der Waals surface area (Å²) in [7, 11) is 2.83. The minimum atomic E-state index is 1.17. The summed E-state index contributed by atoms with van der Waals surface area (Å²) in [5, 5.41) is 1.27. The van der Waals surface area contributed by atoms with Gasteiger partial charge in [-0.25, -0.2) is 0 Å². The van der Waals surface area contributed by atoms with Crippen LogP contribution in [0.25, 0.3) is 11.1 Å². The van der Waals surface area contributed by atoms with Crippen LogP contribution in [0.4, 0.5) is 0 Å². The summed E-state index contributed by atoms with van der Waals surface area (Å²) in [4.78, 5) is 0. The number of rotatable bonds is 4. The van der Waals surface area contributed by atoms with Gasteiger partial charge in [-0.05, 0) is 34.8 Å². The SMILES string of the molecule is CCCCc1ccccc1-c1ccccc1P. The van der Waals surface area contributed by atoms with Crippen LogP contribution < -0.4 is 5.30 Å². The molecular formula is C16H19P. The van der Waals surface area contributed by atoms with Gasteiger partial charge in [0, 0.05) is 0 Å². The maximum atomic E-state index is 2.83. The first kappa shape index (κ1) is 12.3. The van der Waals surface area contributed by atoms with Crippen molar-refractivity contribution >= 4 is 14.5 Å². The molecule has 0 amide bonds. The van der Waals surface area contributed by atoms with Gasteiger partial charge >= 0.3 is 0 Å². The van der Waals surface area contributed by atoms with Crippen molar-refractivity contribution in [2.45, 2.75) is 26.2 Å². The minimum absolute atomic E-state index is 1.17.